The number of rotatable bonds is 10. The Balaban J connectivity index is 3.28. The number of ether oxygens (including phenoxy) is 1. The maximum absolute atomic E-state index is 11.4. The van der Waals surface area contributed by atoms with Gasteiger partial charge in [-0.3, -0.25) is 4.79 Å². The fourth-order valence-electron chi connectivity index (χ4n) is 1.19. The maximum Gasteiger partial charge on any atom is 0.233 e. The molecule has 4 nitrogen and oxygen atoms in total. The Morgan fingerprint density at radius 3 is 2.59 bits per heavy atom. The van der Waals surface area contributed by atoms with E-state index in [1.54, 1.807) is 0 Å². The van der Waals surface area contributed by atoms with Crippen LogP contribution in [0.15, 0.2) is 0 Å². The Kier molecular flexibility index (Phi) is 10.2. The third kappa shape index (κ3) is 11.6. The second kappa shape index (κ2) is 10.5. The quantitative estimate of drug-likeness (QED) is 0.573. The monoisotopic (exact) mass is 244 g/mol. The number of carbonyl (C=O) groups is 1. The van der Waals surface area contributed by atoms with Crippen LogP contribution in [0.1, 0.15) is 40.5 Å². The molecule has 1 atom stereocenters. The predicted octanol–water partition coefficient (Wildman–Crippen LogP) is 1.55. The Labute approximate surface area is 105 Å². The molecule has 17 heavy (non-hydrogen) atoms. The average molecular weight is 244 g/mol. The molecule has 0 aliphatic heterocycles. The third-order valence-electron chi connectivity index (χ3n) is 2.46. The van der Waals surface area contributed by atoms with Crippen molar-refractivity contribution in [3.63, 3.8) is 0 Å². The molecule has 0 fully saturated rings. The zero-order chi connectivity index (χ0) is 13.1. The molecule has 0 heterocycles. The molecule has 0 aromatic rings. The summed E-state index contributed by atoms with van der Waals surface area (Å²) in [5, 5.41) is 6.02. The molecule has 1 amide bonds. The topological polar surface area (TPSA) is 50.4 Å². The van der Waals surface area contributed by atoms with Crippen molar-refractivity contribution in [3.05, 3.63) is 0 Å². The Bertz CT molecular complexity index is 196. The average Bonchev–Trinajstić information content (AvgIpc) is 2.30. The van der Waals surface area contributed by atoms with Crippen LogP contribution in [0.3, 0.4) is 0 Å². The zero-order valence-electron chi connectivity index (χ0n) is 11.7. The van der Waals surface area contributed by atoms with Crippen LogP contribution in [0.5, 0.6) is 0 Å². The lowest BCUT2D eigenvalue weighted by molar-refractivity contribution is -0.120. The Morgan fingerprint density at radius 1 is 1.29 bits per heavy atom. The molecule has 0 aromatic heterocycles. The van der Waals surface area contributed by atoms with Crippen molar-refractivity contribution in [2.45, 2.75) is 46.6 Å². The van der Waals surface area contributed by atoms with Gasteiger partial charge in [0.25, 0.3) is 0 Å². The van der Waals surface area contributed by atoms with Gasteiger partial charge in [-0.25, -0.2) is 0 Å². The van der Waals surface area contributed by atoms with E-state index in [0.29, 0.717) is 25.0 Å². The van der Waals surface area contributed by atoms with Crippen LogP contribution in [-0.2, 0) is 9.53 Å². The first-order chi connectivity index (χ1) is 8.06. The van der Waals surface area contributed by atoms with E-state index in [9.17, 15) is 4.79 Å². The molecule has 1 unspecified atom stereocenters. The summed E-state index contributed by atoms with van der Waals surface area (Å²) < 4.78 is 5.43. The fourth-order valence-corrected chi connectivity index (χ4v) is 1.19. The lowest BCUT2D eigenvalue weighted by Crippen LogP contribution is -2.38. The molecule has 0 aliphatic rings. The minimum Gasteiger partial charge on any atom is -0.381 e. The van der Waals surface area contributed by atoms with E-state index in [2.05, 4.69) is 38.3 Å². The van der Waals surface area contributed by atoms with E-state index >= 15 is 0 Å². The maximum atomic E-state index is 11.4. The molecule has 0 aromatic carbocycles. The largest absolute Gasteiger partial charge is 0.381 e. The summed E-state index contributed by atoms with van der Waals surface area (Å²) in [4.78, 5) is 11.4. The Hall–Kier alpha value is -0.610. The van der Waals surface area contributed by atoms with Gasteiger partial charge >= 0.3 is 0 Å². The summed E-state index contributed by atoms with van der Waals surface area (Å²) in [7, 11) is 0. The van der Waals surface area contributed by atoms with Gasteiger partial charge in [-0.1, -0.05) is 20.8 Å². The molecule has 2 N–H and O–H groups in total. The van der Waals surface area contributed by atoms with Crippen molar-refractivity contribution in [1.82, 2.24) is 10.6 Å². The van der Waals surface area contributed by atoms with Gasteiger partial charge in [-0.05, 0) is 25.7 Å². The lowest BCUT2D eigenvalue weighted by Gasteiger charge is -2.11. The zero-order valence-corrected chi connectivity index (χ0v) is 11.7. The highest BCUT2D eigenvalue weighted by Gasteiger charge is 2.02. The number of hydrogen-bond acceptors (Lipinski definition) is 3. The van der Waals surface area contributed by atoms with Crippen LogP contribution in [0, 0.1) is 5.92 Å². The minimum absolute atomic E-state index is 0.0640. The minimum atomic E-state index is 0.0640. The van der Waals surface area contributed by atoms with Crippen LogP contribution in [0.25, 0.3) is 0 Å². The van der Waals surface area contributed by atoms with Crippen molar-refractivity contribution in [2.75, 3.05) is 26.3 Å². The van der Waals surface area contributed by atoms with Crippen molar-refractivity contribution in [2.24, 2.45) is 5.92 Å². The van der Waals surface area contributed by atoms with E-state index in [1.165, 1.54) is 0 Å². The van der Waals surface area contributed by atoms with Crippen LogP contribution in [0.4, 0.5) is 0 Å². The molecular weight excluding hydrogens is 216 g/mol. The standard InChI is InChI=1S/C13H28N2O2/c1-5-12(4)15-9-13(16)14-7-6-8-17-10-11(2)3/h11-12,15H,5-10H2,1-4H3,(H,14,16). The number of amides is 1. The smallest absolute Gasteiger partial charge is 0.233 e. The van der Waals surface area contributed by atoms with Crippen molar-refractivity contribution >= 4 is 5.91 Å². The van der Waals surface area contributed by atoms with Gasteiger partial charge < -0.3 is 15.4 Å². The normalized spacial score (nSPS) is 12.8. The van der Waals surface area contributed by atoms with Crippen LogP contribution >= 0.6 is 0 Å². The van der Waals surface area contributed by atoms with Crippen molar-refractivity contribution in [1.29, 1.82) is 0 Å². The van der Waals surface area contributed by atoms with Crippen LogP contribution in [0.2, 0.25) is 0 Å². The summed E-state index contributed by atoms with van der Waals surface area (Å²) in [6.07, 6.45) is 1.91. The summed E-state index contributed by atoms with van der Waals surface area (Å²) in [6, 6.07) is 0.398. The van der Waals surface area contributed by atoms with Gasteiger partial charge in [0.05, 0.1) is 6.54 Å². The SMILES string of the molecule is CCC(C)NCC(=O)NCCCOCC(C)C. The third-order valence-corrected chi connectivity index (χ3v) is 2.46. The van der Waals surface area contributed by atoms with E-state index in [1.807, 2.05) is 0 Å². The molecule has 4 heteroatoms. The molecule has 0 saturated heterocycles. The highest BCUT2D eigenvalue weighted by molar-refractivity contribution is 5.77. The van der Waals surface area contributed by atoms with Gasteiger partial charge in [0.1, 0.15) is 0 Å². The molecule has 0 aliphatic carbocycles. The number of carbonyl (C=O) groups excluding carboxylic acids is 1. The van der Waals surface area contributed by atoms with Gasteiger partial charge in [0.2, 0.25) is 5.91 Å². The molecule has 0 spiro atoms. The molecule has 0 radical (unpaired) electrons. The second-order valence-corrected chi connectivity index (χ2v) is 4.86. The fraction of sp³-hybridized carbons (Fsp3) is 0.923. The Morgan fingerprint density at radius 2 is 2.00 bits per heavy atom. The van der Waals surface area contributed by atoms with Crippen LogP contribution in [-0.4, -0.2) is 38.3 Å². The lowest BCUT2D eigenvalue weighted by atomic mass is 10.2. The first-order valence-corrected chi connectivity index (χ1v) is 6.64. The van der Waals surface area contributed by atoms with Crippen molar-refractivity contribution in [3.8, 4) is 0 Å². The number of hydrogen-bond donors (Lipinski definition) is 2. The predicted molar refractivity (Wildman–Crippen MR) is 71.0 cm³/mol. The molecular formula is C13H28N2O2. The summed E-state index contributed by atoms with van der Waals surface area (Å²) in [5.74, 6) is 0.637. The van der Waals surface area contributed by atoms with Crippen LogP contribution < -0.4 is 10.6 Å². The summed E-state index contributed by atoms with van der Waals surface area (Å²) in [6.45, 7) is 11.0. The highest BCUT2D eigenvalue weighted by atomic mass is 16.5. The van der Waals surface area contributed by atoms with Gasteiger partial charge in [0, 0.05) is 25.8 Å². The molecule has 0 saturated carbocycles. The van der Waals surface area contributed by atoms with E-state index in [0.717, 1.165) is 26.1 Å². The van der Waals surface area contributed by atoms with E-state index in [4.69, 9.17) is 4.74 Å². The van der Waals surface area contributed by atoms with Crippen molar-refractivity contribution < 1.29 is 9.53 Å². The first kappa shape index (κ1) is 16.4. The van der Waals surface area contributed by atoms with E-state index in [-0.39, 0.29) is 5.91 Å². The summed E-state index contributed by atoms with van der Waals surface area (Å²) >= 11 is 0. The van der Waals surface area contributed by atoms with Gasteiger partial charge in [-0.2, -0.15) is 0 Å². The van der Waals surface area contributed by atoms with E-state index < -0.39 is 0 Å². The second-order valence-electron chi connectivity index (χ2n) is 4.86. The van der Waals surface area contributed by atoms with Gasteiger partial charge in [0.15, 0.2) is 0 Å². The summed E-state index contributed by atoms with van der Waals surface area (Å²) in [5.41, 5.74) is 0. The molecule has 102 valence electrons. The highest BCUT2D eigenvalue weighted by Crippen LogP contribution is 1.92. The molecule has 0 bridgehead atoms. The first-order valence-electron chi connectivity index (χ1n) is 6.64. The van der Waals surface area contributed by atoms with Gasteiger partial charge in [-0.15, -0.1) is 0 Å². The molecule has 0 rings (SSSR count). The number of nitrogens with one attached hydrogen (secondary N) is 2.